The van der Waals surface area contributed by atoms with Crippen LogP contribution in [0.15, 0.2) is 18.2 Å². The van der Waals surface area contributed by atoms with Gasteiger partial charge in [0.05, 0.1) is 6.61 Å². The Labute approximate surface area is 198 Å². The van der Waals surface area contributed by atoms with Crippen molar-refractivity contribution in [1.82, 2.24) is 15.5 Å². The number of carbonyl (C=O) groups excluding carboxylic acids is 3. The molecule has 0 fully saturated rings. The van der Waals surface area contributed by atoms with E-state index in [1.54, 1.807) is 20.8 Å². The van der Waals surface area contributed by atoms with Crippen molar-refractivity contribution in [2.24, 2.45) is 0 Å². The van der Waals surface area contributed by atoms with Crippen molar-refractivity contribution >= 4 is 17.9 Å². The van der Waals surface area contributed by atoms with E-state index in [9.17, 15) is 19.5 Å². The summed E-state index contributed by atoms with van der Waals surface area (Å²) >= 11 is 0. The molecular formula is C25H41N3O5. The second-order valence-electron chi connectivity index (χ2n) is 10.7. The zero-order valence-corrected chi connectivity index (χ0v) is 21.7. The fraction of sp³-hybridized carbons (Fsp3) is 0.640. The maximum Gasteiger partial charge on any atom is 0.408 e. The fourth-order valence-electron chi connectivity index (χ4n) is 3.46. The Morgan fingerprint density at radius 1 is 1.03 bits per heavy atom. The van der Waals surface area contributed by atoms with Crippen LogP contribution in [0.1, 0.15) is 78.1 Å². The summed E-state index contributed by atoms with van der Waals surface area (Å²) < 4.78 is 5.25. The van der Waals surface area contributed by atoms with Crippen LogP contribution >= 0.6 is 0 Å². The first-order valence-corrected chi connectivity index (χ1v) is 11.3. The SMILES string of the molecule is Cc1ccc(C)c(C(C(=O)NC(C)C)N(C(=O)C(CO)NC(=O)OC(C)(C)C)C(C)(C)C)c1. The highest BCUT2D eigenvalue weighted by Gasteiger charge is 2.42. The number of alkyl carbamates (subject to hydrolysis) is 1. The van der Waals surface area contributed by atoms with Gasteiger partial charge in [0.1, 0.15) is 17.7 Å². The third kappa shape index (κ3) is 8.35. The molecule has 0 aliphatic rings. The zero-order chi connectivity index (χ0) is 25.7. The lowest BCUT2D eigenvalue weighted by Gasteiger charge is -2.43. The van der Waals surface area contributed by atoms with Crippen molar-refractivity contribution < 1.29 is 24.2 Å². The average molecular weight is 464 g/mol. The van der Waals surface area contributed by atoms with Gasteiger partial charge in [-0.3, -0.25) is 9.59 Å². The summed E-state index contributed by atoms with van der Waals surface area (Å²) in [6, 6.07) is 3.36. The first kappa shape index (κ1) is 28.4. The van der Waals surface area contributed by atoms with Gasteiger partial charge in [-0.1, -0.05) is 23.8 Å². The van der Waals surface area contributed by atoms with Crippen LogP contribution < -0.4 is 10.6 Å². The van der Waals surface area contributed by atoms with Crippen molar-refractivity contribution in [3.8, 4) is 0 Å². The number of nitrogens with one attached hydrogen (secondary N) is 2. The molecule has 0 radical (unpaired) electrons. The van der Waals surface area contributed by atoms with Gasteiger partial charge in [-0.05, 0) is 80.4 Å². The molecular weight excluding hydrogens is 422 g/mol. The highest BCUT2D eigenvalue weighted by atomic mass is 16.6. The minimum Gasteiger partial charge on any atom is -0.444 e. The predicted octanol–water partition coefficient (Wildman–Crippen LogP) is 3.38. The van der Waals surface area contributed by atoms with Crippen LogP contribution in [0.4, 0.5) is 4.79 Å². The molecule has 0 aromatic heterocycles. The Bertz CT molecular complexity index is 853. The second kappa shape index (κ2) is 11.0. The zero-order valence-electron chi connectivity index (χ0n) is 21.7. The topological polar surface area (TPSA) is 108 Å². The Morgan fingerprint density at radius 3 is 2.06 bits per heavy atom. The van der Waals surface area contributed by atoms with Gasteiger partial charge >= 0.3 is 6.09 Å². The molecule has 2 atom stereocenters. The smallest absolute Gasteiger partial charge is 0.408 e. The number of aryl methyl sites for hydroxylation is 2. The Balaban J connectivity index is 3.55. The van der Waals surface area contributed by atoms with E-state index in [-0.39, 0.29) is 11.9 Å². The third-order valence-corrected chi connectivity index (χ3v) is 4.80. The maximum atomic E-state index is 13.7. The van der Waals surface area contributed by atoms with Gasteiger partial charge in [-0.15, -0.1) is 0 Å². The molecule has 0 saturated carbocycles. The number of hydrogen-bond donors (Lipinski definition) is 3. The number of hydrogen-bond acceptors (Lipinski definition) is 5. The van der Waals surface area contributed by atoms with E-state index in [2.05, 4.69) is 10.6 Å². The van der Waals surface area contributed by atoms with Gasteiger partial charge in [0.2, 0.25) is 11.8 Å². The van der Waals surface area contributed by atoms with Crippen LogP contribution in [0.3, 0.4) is 0 Å². The van der Waals surface area contributed by atoms with Gasteiger partial charge in [0.15, 0.2) is 0 Å². The van der Waals surface area contributed by atoms with E-state index in [1.807, 2.05) is 66.7 Å². The molecule has 3 N–H and O–H groups in total. The number of amides is 3. The molecule has 1 rings (SSSR count). The standard InChI is InChI=1S/C25H41N3O5/c1-15(2)26-21(30)20(18-13-16(3)11-12-17(18)4)28(24(5,6)7)22(31)19(14-29)27-23(32)33-25(8,9)10/h11-13,15,19-20,29H,14H2,1-10H3,(H,26,30)(H,27,32). The minimum atomic E-state index is -1.28. The lowest BCUT2D eigenvalue weighted by Crippen LogP contribution is -2.60. The monoisotopic (exact) mass is 463 g/mol. The van der Waals surface area contributed by atoms with Crippen LogP contribution in [-0.4, -0.2) is 57.7 Å². The maximum absolute atomic E-state index is 13.7. The van der Waals surface area contributed by atoms with Gasteiger partial charge in [0, 0.05) is 11.6 Å². The molecule has 1 aromatic rings. The quantitative estimate of drug-likeness (QED) is 0.575. The van der Waals surface area contributed by atoms with Gasteiger partial charge < -0.3 is 25.4 Å². The summed E-state index contributed by atoms with van der Waals surface area (Å²) in [5.74, 6) is -0.920. The van der Waals surface area contributed by atoms with E-state index in [1.165, 1.54) is 4.90 Å². The molecule has 0 heterocycles. The normalized spacial score (nSPS) is 13.8. The third-order valence-electron chi connectivity index (χ3n) is 4.80. The van der Waals surface area contributed by atoms with E-state index < -0.39 is 41.8 Å². The molecule has 2 unspecified atom stereocenters. The van der Waals surface area contributed by atoms with E-state index >= 15 is 0 Å². The van der Waals surface area contributed by atoms with Crippen molar-refractivity contribution in [1.29, 1.82) is 0 Å². The van der Waals surface area contributed by atoms with Crippen LogP contribution in [-0.2, 0) is 14.3 Å². The average Bonchev–Trinajstić information content (AvgIpc) is 2.62. The fourth-order valence-corrected chi connectivity index (χ4v) is 3.46. The Morgan fingerprint density at radius 2 is 1.61 bits per heavy atom. The molecule has 0 aliphatic heterocycles. The summed E-state index contributed by atoms with van der Waals surface area (Å²) in [5.41, 5.74) is 0.909. The molecule has 0 saturated heterocycles. The predicted molar refractivity (Wildman–Crippen MR) is 129 cm³/mol. The number of aliphatic hydroxyl groups excluding tert-OH is 1. The Hall–Kier alpha value is -2.61. The molecule has 1 aromatic carbocycles. The van der Waals surface area contributed by atoms with E-state index in [0.29, 0.717) is 5.56 Å². The number of benzene rings is 1. The van der Waals surface area contributed by atoms with Crippen LogP contribution in [0.2, 0.25) is 0 Å². The van der Waals surface area contributed by atoms with Crippen molar-refractivity contribution in [2.75, 3.05) is 6.61 Å². The van der Waals surface area contributed by atoms with E-state index in [4.69, 9.17) is 4.74 Å². The van der Waals surface area contributed by atoms with E-state index in [0.717, 1.165) is 11.1 Å². The van der Waals surface area contributed by atoms with Crippen molar-refractivity contribution in [3.05, 3.63) is 34.9 Å². The molecule has 0 bridgehead atoms. The molecule has 0 aliphatic carbocycles. The number of ether oxygens (including phenoxy) is 1. The highest BCUT2D eigenvalue weighted by Crippen LogP contribution is 2.32. The Kier molecular flexibility index (Phi) is 9.48. The minimum absolute atomic E-state index is 0.143. The summed E-state index contributed by atoms with van der Waals surface area (Å²) in [5, 5.41) is 15.3. The van der Waals surface area contributed by atoms with Crippen LogP contribution in [0.25, 0.3) is 0 Å². The lowest BCUT2D eigenvalue weighted by atomic mass is 9.92. The van der Waals surface area contributed by atoms with Crippen molar-refractivity contribution in [2.45, 2.75) is 98.5 Å². The molecule has 8 heteroatoms. The second-order valence-corrected chi connectivity index (χ2v) is 10.7. The summed E-state index contributed by atoms with van der Waals surface area (Å²) in [6.07, 6.45) is -0.821. The molecule has 0 spiro atoms. The number of rotatable bonds is 7. The van der Waals surface area contributed by atoms with Crippen LogP contribution in [0, 0.1) is 13.8 Å². The number of nitrogens with zero attached hydrogens (tertiary/aromatic N) is 1. The number of carbonyl (C=O) groups is 3. The lowest BCUT2D eigenvalue weighted by molar-refractivity contribution is -0.149. The van der Waals surface area contributed by atoms with Crippen molar-refractivity contribution in [3.63, 3.8) is 0 Å². The molecule has 8 nitrogen and oxygen atoms in total. The number of aliphatic hydroxyl groups is 1. The largest absolute Gasteiger partial charge is 0.444 e. The molecule has 3 amide bonds. The van der Waals surface area contributed by atoms with Crippen LogP contribution in [0.5, 0.6) is 0 Å². The van der Waals surface area contributed by atoms with Gasteiger partial charge in [0.25, 0.3) is 0 Å². The first-order valence-electron chi connectivity index (χ1n) is 11.3. The summed E-state index contributed by atoms with van der Waals surface area (Å²) in [6.45, 7) is 17.4. The molecule has 186 valence electrons. The molecule has 33 heavy (non-hydrogen) atoms. The first-order chi connectivity index (χ1) is 15.0. The summed E-state index contributed by atoms with van der Waals surface area (Å²) in [4.78, 5) is 41.0. The highest BCUT2D eigenvalue weighted by molar-refractivity contribution is 5.93. The summed E-state index contributed by atoms with van der Waals surface area (Å²) in [7, 11) is 0. The van der Waals surface area contributed by atoms with Gasteiger partial charge in [-0.2, -0.15) is 0 Å². The van der Waals surface area contributed by atoms with Gasteiger partial charge in [-0.25, -0.2) is 4.79 Å².